The van der Waals surface area contributed by atoms with Gasteiger partial charge in [0.2, 0.25) is 0 Å². The second-order valence-corrected chi connectivity index (χ2v) is 16.9. The van der Waals surface area contributed by atoms with Gasteiger partial charge in [0, 0.05) is 33.3 Å². The van der Waals surface area contributed by atoms with Crippen molar-refractivity contribution in [3.63, 3.8) is 0 Å². The quantitative estimate of drug-likeness (QED) is 0.141. The Hall–Kier alpha value is -8.72. The standard InChI is InChI=1S/C64H44N2/c1-5-17-45(18-6-1)47-29-31-48(32-30-47)49-33-37-54(38-34-49)65-60-28-16-15-27-57(60)58-40-39-55(44-63(58)65)66(62-42-35-51-23-13-14-26-56(51)64(62)52-24-11-4-12-25-52)61-41-36-53(46-19-7-2-8-20-46)43-59(61)50-21-9-3-10-22-50/h1-44H. The molecule has 0 amide bonds. The Morgan fingerprint density at radius 1 is 0.273 bits per heavy atom. The maximum Gasteiger partial charge on any atom is 0.0561 e. The van der Waals surface area contributed by atoms with Crippen LogP contribution in [0, 0.1) is 0 Å². The third-order valence-electron chi connectivity index (χ3n) is 13.0. The minimum absolute atomic E-state index is 1.07. The van der Waals surface area contributed by atoms with Crippen molar-refractivity contribution in [1.82, 2.24) is 4.57 Å². The van der Waals surface area contributed by atoms with Crippen LogP contribution >= 0.6 is 0 Å². The molecule has 0 atom stereocenters. The molecule has 2 heteroatoms. The molecule has 1 aromatic heterocycles. The van der Waals surface area contributed by atoms with E-state index >= 15 is 0 Å². The lowest BCUT2D eigenvalue weighted by molar-refractivity contribution is 1.18. The number of fused-ring (bicyclic) bond motifs is 4. The Labute approximate surface area is 385 Å². The van der Waals surface area contributed by atoms with Gasteiger partial charge in [-0.15, -0.1) is 0 Å². The fourth-order valence-electron chi connectivity index (χ4n) is 9.82. The van der Waals surface area contributed by atoms with E-state index in [-0.39, 0.29) is 0 Å². The van der Waals surface area contributed by atoms with E-state index in [1.807, 2.05) is 0 Å². The van der Waals surface area contributed by atoms with E-state index in [1.165, 1.54) is 71.6 Å². The lowest BCUT2D eigenvalue weighted by atomic mass is 9.93. The number of rotatable bonds is 9. The van der Waals surface area contributed by atoms with E-state index in [9.17, 15) is 0 Å². The van der Waals surface area contributed by atoms with E-state index in [1.54, 1.807) is 0 Å². The highest BCUT2D eigenvalue weighted by atomic mass is 15.1. The number of hydrogen-bond acceptors (Lipinski definition) is 1. The molecule has 66 heavy (non-hydrogen) atoms. The first kappa shape index (κ1) is 38.9. The van der Waals surface area contributed by atoms with Gasteiger partial charge < -0.3 is 9.47 Å². The summed E-state index contributed by atoms with van der Waals surface area (Å²) >= 11 is 0. The van der Waals surface area contributed by atoms with Crippen LogP contribution in [0.1, 0.15) is 0 Å². The third kappa shape index (κ3) is 7.02. The molecular weight excluding hydrogens is 797 g/mol. The molecule has 0 radical (unpaired) electrons. The highest BCUT2D eigenvalue weighted by Gasteiger charge is 2.24. The fraction of sp³-hybridized carbons (Fsp3) is 0. The molecule has 0 saturated carbocycles. The van der Waals surface area contributed by atoms with E-state index in [2.05, 4.69) is 276 Å². The predicted molar refractivity (Wildman–Crippen MR) is 280 cm³/mol. The third-order valence-corrected chi connectivity index (χ3v) is 13.0. The SMILES string of the molecule is c1ccc(-c2ccc(-c3ccc(-n4c5ccccc5c5ccc(N(c6ccc(-c7ccccc7)cc6-c6ccccc6)c6ccc7ccccc7c6-c6ccccc6)cc54)cc3)cc2)cc1. The Morgan fingerprint density at radius 2 is 0.742 bits per heavy atom. The molecule has 0 aliphatic heterocycles. The van der Waals surface area contributed by atoms with Gasteiger partial charge in [0.25, 0.3) is 0 Å². The van der Waals surface area contributed by atoms with Crippen molar-refractivity contribution in [2.75, 3.05) is 4.90 Å². The van der Waals surface area contributed by atoms with Crippen LogP contribution in [0.2, 0.25) is 0 Å². The zero-order valence-corrected chi connectivity index (χ0v) is 36.3. The van der Waals surface area contributed by atoms with Crippen LogP contribution in [0.15, 0.2) is 267 Å². The van der Waals surface area contributed by atoms with Gasteiger partial charge in [0.05, 0.1) is 22.4 Å². The Kier molecular flexibility index (Phi) is 9.89. The van der Waals surface area contributed by atoms with E-state index in [0.29, 0.717) is 0 Å². The first-order valence-electron chi connectivity index (χ1n) is 22.7. The predicted octanol–water partition coefficient (Wildman–Crippen LogP) is 17.7. The number of para-hydroxylation sites is 1. The zero-order valence-electron chi connectivity index (χ0n) is 36.3. The number of benzene rings is 11. The van der Waals surface area contributed by atoms with Gasteiger partial charge >= 0.3 is 0 Å². The monoisotopic (exact) mass is 840 g/mol. The Balaban J connectivity index is 1.08. The lowest BCUT2D eigenvalue weighted by Crippen LogP contribution is -2.13. The zero-order chi connectivity index (χ0) is 43.8. The smallest absolute Gasteiger partial charge is 0.0561 e. The van der Waals surface area contributed by atoms with E-state index in [4.69, 9.17) is 0 Å². The summed E-state index contributed by atoms with van der Waals surface area (Å²) in [6, 6.07) is 97.0. The summed E-state index contributed by atoms with van der Waals surface area (Å²) in [6.45, 7) is 0. The lowest BCUT2D eigenvalue weighted by Gasteiger charge is -2.31. The minimum Gasteiger partial charge on any atom is -0.309 e. The van der Waals surface area contributed by atoms with Crippen LogP contribution in [-0.2, 0) is 0 Å². The Morgan fingerprint density at radius 3 is 1.39 bits per heavy atom. The average Bonchev–Trinajstić information content (AvgIpc) is 3.73. The normalized spacial score (nSPS) is 11.3. The van der Waals surface area contributed by atoms with Crippen molar-refractivity contribution < 1.29 is 0 Å². The van der Waals surface area contributed by atoms with Gasteiger partial charge in [-0.3, -0.25) is 0 Å². The van der Waals surface area contributed by atoms with Crippen molar-refractivity contribution in [2.24, 2.45) is 0 Å². The summed E-state index contributed by atoms with van der Waals surface area (Å²) in [7, 11) is 0. The van der Waals surface area contributed by atoms with Crippen LogP contribution in [0.4, 0.5) is 17.1 Å². The molecule has 11 aromatic carbocycles. The molecule has 0 aliphatic carbocycles. The minimum atomic E-state index is 1.07. The fourth-order valence-corrected chi connectivity index (χ4v) is 9.82. The summed E-state index contributed by atoms with van der Waals surface area (Å²) in [5, 5.41) is 4.84. The molecule has 0 bridgehead atoms. The van der Waals surface area contributed by atoms with Gasteiger partial charge in [-0.2, -0.15) is 0 Å². The average molecular weight is 841 g/mol. The molecule has 12 aromatic rings. The summed E-state index contributed by atoms with van der Waals surface area (Å²) in [5.74, 6) is 0. The van der Waals surface area contributed by atoms with E-state index in [0.717, 1.165) is 39.4 Å². The first-order valence-corrected chi connectivity index (χ1v) is 22.7. The molecule has 0 N–H and O–H groups in total. The number of nitrogens with zero attached hydrogens (tertiary/aromatic N) is 2. The largest absolute Gasteiger partial charge is 0.309 e. The molecule has 0 fully saturated rings. The van der Waals surface area contributed by atoms with E-state index < -0.39 is 0 Å². The number of anilines is 3. The van der Waals surface area contributed by atoms with Crippen LogP contribution in [0.5, 0.6) is 0 Å². The van der Waals surface area contributed by atoms with Crippen molar-refractivity contribution in [3.05, 3.63) is 267 Å². The maximum atomic E-state index is 2.50. The van der Waals surface area contributed by atoms with Crippen molar-refractivity contribution in [1.29, 1.82) is 0 Å². The molecule has 12 rings (SSSR count). The highest BCUT2D eigenvalue weighted by Crippen LogP contribution is 2.49. The number of aromatic nitrogens is 1. The van der Waals surface area contributed by atoms with Crippen LogP contribution in [0.25, 0.3) is 93.9 Å². The Bertz CT molecular complexity index is 3650. The number of hydrogen-bond donors (Lipinski definition) is 0. The van der Waals surface area contributed by atoms with Gasteiger partial charge in [-0.25, -0.2) is 0 Å². The summed E-state index contributed by atoms with van der Waals surface area (Å²) in [4.78, 5) is 2.50. The van der Waals surface area contributed by atoms with Crippen LogP contribution in [-0.4, -0.2) is 4.57 Å². The highest BCUT2D eigenvalue weighted by molar-refractivity contribution is 6.12. The van der Waals surface area contributed by atoms with Crippen LogP contribution in [0.3, 0.4) is 0 Å². The molecule has 310 valence electrons. The molecule has 0 saturated heterocycles. The van der Waals surface area contributed by atoms with Gasteiger partial charge in [0.15, 0.2) is 0 Å². The van der Waals surface area contributed by atoms with Crippen molar-refractivity contribution in [2.45, 2.75) is 0 Å². The molecule has 1 heterocycles. The second kappa shape index (κ2) is 16.8. The van der Waals surface area contributed by atoms with Gasteiger partial charge in [-0.05, 0) is 104 Å². The first-order chi connectivity index (χ1) is 32.7. The maximum absolute atomic E-state index is 2.50. The van der Waals surface area contributed by atoms with Crippen molar-refractivity contribution >= 4 is 49.6 Å². The molecule has 2 nitrogen and oxygen atoms in total. The summed E-state index contributed by atoms with van der Waals surface area (Å²) < 4.78 is 2.43. The molecule has 0 unspecified atom stereocenters. The second-order valence-electron chi connectivity index (χ2n) is 16.9. The van der Waals surface area contributed by atoms with Crippen molar-refractivity contribution in [3.8, 4) is 61.3 Å². The topological polar surface area (TPSA) is 8.17 Å². The molecule has 0 aliphatic rings. The summed E-state index contributed by atoms with van der Waals surface area (Å²) in [6.07, 6.45) is 0. The summed E-state index contributed by atoms with van der Waals surface area (Å²) in [5.41, 5.74) is 18.5. The molecule has 0 spiro atoms. The molecular formula is C64H44N2. The van der Waals surface area contributed by atoms with Crippen LogP contribution < -0.4 is 4.90 Å². The van der Waals surface area contributed by atoms with Gasteiger partial charge in [0.1, 0.15) is 0 Å². The van der Waals surface area contributed by atoms with Gasteiger partial charge in [-0.1, -0.05) is 218 Å².